The Balaban J connectivity index is 1.79. The summed E-state index contributed by atoms with van der Waals surface area (Å²) in [6, 6.07) is 7.01. The summed E-state index contributed by atoms with van der Waals surface area (Å²) in [5, 5.41) is 3.58. The smallest absolute Gasteiger partial charge is 0.253 e. The van der Waals surface area contributed by atoms with E-state index in [0.29, 0.717) is 23.7 Å². The van der Waals surface area contributed by atoms with Gasteiger partial charge in [0, 0.05) is 36.1 Å². The van der Waals surface area contributed by atoms with Gasteiger partial charge in [-0.3, -0.25) is 9.59 Å². The Kier molecular flexibility index (Phi) is 6.90. The van der Waals surface area contributed by atoms with E-state index in [1.54, 1.807) is 24.3 Å². The third-order valence-electron chi connectivity index (χ3n) is 4.30. The van der Waals surface area contributed by atoms with E-state index in [0.717, 1.165) is 38.6 Å². The van der Waals surface area contributed by atoms with Crippen LogP contribution in [0.2, 0.25) is 5.02 Å². The zero-order valence-electron chi connectivity index (χ0n) is 13.7. The lowest BCUT2D eigenvalue weighted by molar-refractivity contribution is -0.126. The van der Waals surface area contributed by atoms with Gasteiger partial charge in [-0.2, -0.15) is 0 Å². The van der Waals surface area contributed by atoms with Crippen molar-refractivity contribution < 1.29 is 9.59 Å². The highest BCUT2D eigenvalue weighted by molar-refractivity contribution is 6.30. The maximum absolute atomic E-state index is 12.4. The summed E-state index contributed by atoms with van der Waals surface area (Å²) in [6.07, 6.45) is 4.79. The number of unbranched alkanes of at least 4 members (excludes halogenated alkanes) is 2. The Labute approximate surface area is 143 Å². The Bertz CT molecular complexity index is 540. The molecule has 4 nitrogen and oxygen atoms in total. The number of carbonyl (C=O) groups is 2. The van der Waals surface area contributed by atoms with E-state index in [4.69, 9.17) is 11.6 Å². The molecule has 2 rings (SSSR count). The molecule has 0 aromatic heterocycles. The van der Waals surface area contributed by atoms with Gasteiger partial charge in [0.15, 0.2) is 0 Å². The number of piperidine rings is 1. The van der Waals surface area contributed by atoms with Crippen LogP contribution in [0.25, 0.3) is 0 Å². The number of halogens is 1. The first-order chi connectivity index (χ1) is 11.1. The fraction of sp³-hybridized carbons (Fsp3) is 0.556. The molecule has 0 spiro atoms. The van der Waals surface area contributed by atoms with Gasteiger partial charge < -0.3 is 10.2 Å². The van der Waals surface area contributed by atoms with Gasteiger partial charge in [0.2, 0.25) is 5.91 Å². The van der Waals surface area contributed by atoms with Crippen molar-refractivity contribution in [2.24, 2.45) is 5.92 Å². The number of hydrogen-bond acceptors (Lipinski definition) is 2. The number of carbonyl (C=O) groups excluding carboxylic acids is 2. The second-order valence-electron chi connectivity index (χ2n) is 6.07. The molecular formula is C18H25ClN2O2. The summed E-state index contributed by atoms with van der Waals surface area (Å²) in [4.78, 5) is 26.4. The molecule has 1 heterocycles. The van der Waals surface area contributed by atoms with Gasteiger partial charge >= 0.3 is 0 Å². The Morgan fingerprint density at radius 2 is 2.00 bits per heavy atom. The van der Waals surface area contributed by atoms with Gasteiger partial charge in [0.25, 0.3) is 5.91 Å². The molecule has 1 aromatic carbocycles. The maximum atomic E-state index is 12.4. The summed E-state index contributed by atoms with van der Waals surface area (Å²) in [5.41, 5.74) is 0.611. The molecule has 0 unspecified atom stereocenters. The van der Waals surface area contributed by atoms with E-state index in [9.17, 15) is 9.59 Å². The number of benzene rings is 1. The van der Waals surface area contributed by atoms with Gasteiger partial charge in [-0.05, 0) is 37.5 Å². The predicted octanol–water partition coefficient (Wildman–Crippen LogP) is 3.50. The highest BCUT2D eigenvalue weighted by Crippen LogP contribution is 2.20. The topological polar surface area (TPSA) is 49.4 Å². The van der Waals surface area contributed by atoms with Gasteiger partial charge in [-0.1, -0.05) is 37.4 Å². The highest BCUT2D eigenvalue weighted by atomic mass is 35.5. The van der Waals surface area contributed by atoms with Crippen molar-refractivity contribution in [3.05, 3.63) is 34.9 Å². The number of likely N-dealkylation sites (tertiary alicyclic amines) is 1. The number of rotatable bonds is 6. The minimum absolute atomic E-state index is 0.00527. The number of nitrogens with zero attached hydrogens (tertiary/aromatic N) is 1. The highest BCUT2D eigenvalue weighted by Gasteiger charge is 2.27. The second-order valence-corrected chi connectivity index (χ2v) is 6.51. The average Bonchev–Trinajstić information content (AvgIpc) is 2.58. The van der Waals surface area contributed by atoms with Crippen LogP contribution in [-0.2, 0) is 4.79 Å². The molecule has 0 bridgehead atoms. The standard InChI is InChI=1S/C18H25ClN2O2/c1-2-3-4-10-20-17(22)14-8-11-21(12-9-14)18(23)15-6-5-7-16(19)13-15/h5-7,13-14H,2-4,8-12H2,1H3,(H,20,22). The van der Waals surface area contributed by atoms with Crippen molar-refractivity contribution in [1.29, 1.82) is 0 Å². The predicted molar refractivity (Wildman–Crippen MR) is 92.6 cm³/mol. The van der Waals surface area contributed by atoms with Crippen LogP contribution in [0.5, 0.6) is 0 Å². The zero-order valence-corrected chi connectivity index (χ0v) is 14.4. The van der Waals surface area contributed by atoms with Gasteiger partial charge in [-0.15, -0.1) is 0 Å². The zero-order chi connectivity index (χ0) is 16.7. The van der Waals surface area contributed by atoms with Crippen LogP contribution in [0.1, 0.15) is 49.4 Å². The Morgan fingerprint density at radius 1 is 1.26 bits per heavy atom. The maximum Gasteiger partial charge on any atom is 0.253 e. The fourth-order valence-corrected chi connectivity index (χ4v) is 3.07. The molecule has 1 aliphatic heterocycles. The van der Waals surface area contributed by atoms with E-state index in [1.807, 2.05) is 4.90 Å². The molecule has 23 heavy (non-hydrogen) atoms. The normalized spacial score (nSPS) is 15.5. The Morgan fingerprint density at radius 3 is 2.65 bits per heavy atom. The van der Waals surface area contributed by atoms with Gasteiger partial charge in [0.1, 0.15) is 0 Å². The number of amides is 2. The summed E-state index contributed by atoms with van der Waals surface area (Å²) in [5.74, 6) is 0.158. The summed E-state index contributed by atoms with van der Waals surface area (Å²) >= 11 is 5.94. The van der Waals surface area contributed by atoms with Crippen LogP contribution in [0.4, 0.5) is 0 Å². The molecule has 1 fully saturated rings. The molecule has 2 amide bonds. The lowest BCUT2D eigenvalue weighted by atomic mass is 9.95. The molecule has 0 saturated carbocycles. The van der Waals surface area contributed by atoms with Gasteiger partial charge in [-0.25, -0.2) is 0 Å². The van der Waals surface area contributed by atoms with Gasteiger partial charge in [0.05, 0.1) is 0 Å². The van der Waals surface area contributed by atoms with Crippen molar-refractivity contribution in [3.63, 3.8) is 0 Å². The minimum atomic E-state index is -0.00527. The first-order valence-electron chi connectivity index (χ1n) is 8.44. The molecule has 0 aliphatic carbocycles. The first kappa shape index (κ1) is 17.8. The third kappa shape index (κ3) is 5.24. The molecule has 0 atom stereocenters. The third-order valence-corrected chi connectivity index (χ3v) is 4.54. The molecule has 1 aliphatic rings. The molecule has 0 radical (unpaired) electrons. The lowest BCUT2D eigenvalue weighted by Crippen LogP contribution is -2.43. The van der Waals surface area contributed by atoms with E-state index in [2.05, 4.69) is 12.2 Å². The quantitative estimate of drug-likeness (QED) is 0.808. The van der Waals surface area contributed by atoms with Crippen molar-refractivity contribution >= 4 is 23.4 Å². The minimum Gasteiger partial charge on any atom is -0.356 e. The van der Waals surface area contributed by atoms with E-state index < -0.39 is 0 Å². The summed E-state index contributed by atoms with van der Waals surface area (Å²) in [7, 11) is 0. The van der Waals surface area contributed by atoms with Crippen molar-refractivity contribution in [2.45, 2.75) is 39.0 Å². The largest absolute Gasteiger partial charge is 0.356 e. The number of nitrogens with one attached hydrogen (secondary N) is 1. The van der Waals surface area contributed by atoms with Crippen molar-refractivity contribution in [2.75, 3.05) is 19.6 Å². The average molecular weight is 337 g/mol. The second kappa shape index (κ2) is 8.92. The van der Waals surface area contributed by atoms with E-state index in [1.165, 1.54) is 0 Å². The molecular weight excluding hydrogens is 312 g/mol. The lowest BCUT2D eigenvalue weighted by Gasteiger charge is -2.31. The SMILES string of the molecule is CCCCCNC(=O)C1CCN(C(=O)c2cccc(Cl)c2)CC1. The fourth-order valence-electron chi connectivity index (χ4n) is 2.88. The molecule has 5 heteroatoms. The monoisotopic (exact) mass is 336 g/mol. The van der Waals surface area contributed by atoms with Crippen LogP contribution in [-0.4, -0.2) is 36.3 Å². The Hall–Kier alpha value is -1.55. The van der Waals surface area contributed by atoms with Crippen molar-refractivity contribution in [1.82, 2.24) is 10.2 Å². The molecule has 1 saturated heterocycles. The van der Waals surface area contributed by atoms with Crippen molar-refractivity contribution in [3.8, 4) is 0 Å². The van der Waals surface area contributed by atoms with Crippen LogP contribution in [0, 0.1) is 5.92 Å². The number of hydrogen-bond donors (Lipinski definition) is 1. The summed E-state index contributed by atoms with van der Waals surface area (Å²) in [6.45, 7) is 4.15. The van der Waals surface area contributed by atoms with E-state index in [-0.39, 0.29) is 17.7 Å². The van der Waals surface area contributed by atoms with E-state index >= 15 is 0 Å². The first-order valence-corrected chi connectivity index (χ1v) is 8.82. The van der Waals surface area contributed by atoms with Crippen LogP contribution >= 0.6 is 11.6 Å². The summed E-state index contributed by atoms with van der Waals surface area (Å²) < 4.78 is 0. The molecule has 126 valence electrons. The van der Waals surface area contributed by atoms with Crippen LogP contribution < -0.4 is 5.32 Å². The molecule has 1 N–H and O–H groups in total. The molecule has 1 aromatic rings. The van der Waals surface area contributed by atoms with Crippen LogP contribution in [0.3, 0.4) is 0 Å². The van der Waals surface area contributed by atoms with Crippen LogP contribution in [0.15, 0.2) is 24.3 Å².